The molecule has 0 amide bonds. The SMILES string of the molecule is CC(C)(CN)C1COCO1. The second kappa shape index (κ2) is 2.86. The molecule has 2 N–H and O–H groups in total. The number of nitrogens with two attached hydrogens (primary N) is 1. The van der Waals surface area contributed by atoms with Crippen LogP contribution >= 0.6 is 0 Å². The molecule has 10 heavy (non-hydrogen) atoms. The second-order valence-electron chi connectivity index (χ2n) is 3.34. The van der Waals surface area contributed by atoms with Gasteiger partial charge in [0.2, 0.25) is 0 Å². The van der Waals surface area contributed by atoms with E-state index >= 15 is 0 Å². The monoisotopic (exact) mass is 145 g/mol. The largest absolute Gasteiger partial charge is 0.353 e. The lowest BCUT2D eigenvalue weighted by Crippen LogP contribution is -2.37. The highest BCUT2D eigenvalue weighted by molar-refractivity contribution is 4.81. The molecule has 60 valence electrons. The Labute approximate surface area is 61.5 Å². The van der Waals surface area contributed by atoms with Gasteiger partial charge in [-0.05, 0) is 6.54 Å². The van der Waals surface area contributed by atoms with Crippen molar-refractivity contribution >= 4 is 0 Å². The van der Waals surface area contributed by atoms with E-state index in [1.54, 1.807) is 0 Å². The lowest BCUT2D eigenvalue weighted by molar-refractivity contribution is 0.00629. The van der Waals surface area contributed by atoms with Crippen molar-refractivity contribution < 1.29 is 9.47 Å². The zero-order valence-electron chi connectivity index (χ0n) is 6.59. The third-order valence-corrected chi connectivity index (χ3v) is 2.02. The summed E-state index contributed by atoms with van der Waals surface area (Å²) in [6, 6.07) is 0. The number of hydrogen-bond acceptors (Lipinski definition) is 3. The summed E-state index contributed by atoms with van der Waals surface area (Å²) in [6.45, 7) is 5.93. The van der Waals surface area contributed by atoms with Crippen molar-refractivity contribution in [2.24, 2.45) is 11.1 Å². The average Bonchev–Trinajstić information content (AvgIpc) is 2.38. The first-order valence-corrected chi connectivity index (χ1v) is 3.56. The molecule has 3 nitrogen and oxygen atoms in total. The maximum Gasteiger partial charge on any atom is 0.147 e. The van der Waals surface area contributed by atoms with Crippen molar-refractivity contribution in [3.05, 3.63) is 0 Å². The maximum absolute atomic E-state index is 5.55. The van der Waals surface area contributed by atoms with Gasteiger partial charge < -0.3 is 15.2 Å². The molecule has 0 aliphatic carbocycles. The zero-order valence-corrected chi connectivity index (χ0v) is 6.59. The summed E-state index contributed by atoms with van der Waals surface area (Å²) in [5.41, 5.74) is 5.60. The average molecular weight is 145 g/mol. The third-order valence-electron chi connectivity index (χ3n) is 2.02. The van der Waals surface area contributed by atoms with Crippen LogP contribution in [0, 0.1) is 5.41 Å². The summed E-state index contributed by atoms with van der Waals surface area (Å²) in [7, 11) is 0. The standard InChI is InChI=1S/C7H15NO2/c1-7(2,4-8)6-3-9-5-10-6/h6H,3-5,8H2,1-2H3. The van der Waals surface area contributed by atoms with Crippen molar-refractivity contribution in [1.29, 1.82) is 0 Å². The van der Waals surface area contributed by atoms with Gasteiger partial charge in [-0.15, -0.1) is 0 Å². The summed E-state index contributed by atoms with van der Waals surface area (Å²) < 4.78 is 10.4. The normalized spacial score (nSPS) is 27.3. The van der Waals surface area contributed by atoms with Gasteiger partial charge in [-0.1, -0.05) is 13.8 Å². The molecule has 1 rings (SSSR count). The van der Waals surface area contributed by atoms with E-state index in [0.717, 1.165) is 0 Å². The van der Waals surface area contributed by atoms with Crippen LogP contribution in [-0.4, -0.2) is 26.0 Å². The van der Waals surface area contributed by atoms with Crippen LogP contribution in [0.1, 0.15) is 13.8 Å². The zero-order chi connectivity index (χ0) is 7.61. The Hall–Kier alpha value is -0.120. The van der Waals surface area contributed by atoms with E-state index in [4.69, 9.17) is 15.2 Å². The van der Waals surface area contributed by atoms with Crippen molar-refractivity contribution in [2.45, 2.75) is 20.0 Å². The van der Waals surface area contributed by atoms with Gasteiger partial charge in [0, 0.05) is 5.41 Å². The van der Waals surface area contributed by atoms with Crippen molar-refractivity contribution in [2.75, 3.05) is 19.9 Å². The van der Waals surface area contributed by atoms with Gasteiger partial charge in [-0.25, -0.2) is 0 Å². The first-order valence-electron chi connectivity index (χ1n) is 3.56. The van der Waals surface area contributed by atoms with Gasteiger partial charge in [-0.2, -0.15) is 0 Å². The fraction of sp³-hybridized carbons (Fsp3) is 1.00. The van der Waals surface area contributed by atoms with Crippen LogP contribution in [0.3, 0.4) is 0 Å². The van der Waals surface area contributed by atoms with Gasteiger partial charge in [0.25, 0.3) is 0 Å². The third kappa shape index (κ3) is 1.48. The fourth-order valence-electron chi connectivity index (χ4n) is 0.916. The molecule has 0 spiro atoms. The molecule has 0 radical (unpaired) electrons. The van der Waals surface area contributed by atoms with E-state index in [9.17, 15) is 0 Å². The molecule has 0 aromatic heterocycles. The summed E-state index contributed by atoms with van der Waals surface area (Å²) in [5.74, 6) is 0. The van der Waals surface area contributed by atoms with E-state index in [1.165, 1.54) is 0 Å². The van der Waals surface area contributed by atoms with Gasteiger partial charge in [0.15, 0.2) is 0 Å². The molecule has 1 aliphatic rings. The molecule has 1 saturated heterocycles. The fourth-order valence-corrected chi connectivity index (χ4v) is 0.916. The first-order chi connectivity index (χ1) is 4.67. The molecular weight excluding hydrogens is 130 g/mol. The summed E-state index contributed by atoms with van der Waals surface area (Å²) in [4.78, 5) is 0. The van der Waals surface area contributed by atoms with Crippen LogP contribution in [0.25, 0.3) is 0 Å². The molecule has 0 bridgehead atoms. The first kappa shape index (κ1) is 7.98. The Kier molecular flexibility index (Phi) is 2.28. The van der Waals surface area contributed by atoms with Crippen LogP contribution in [0.2, 0.25) is 0 Å². The van der Waals surface area contributed by atoms with E-state index < -0.39 is 0 Å². The predicted molar refractivity (Wildman–Crippen MR) is 38.5 cm³/mol. The van der Waals surface area contributed by atoms with Gasteiger partial charge in [0.05, 0.1) is 12.7 Å². The molecule has 0 saturated carbocycles. The number of hydrogen-bond donors (Lipinski definition) is 1. The van der Waals surface area contributed by atoms with E-state index in [1.807, 2.05) is 0 Å². The number of ether oxygens (including phenoxy) is 2. The molecule has 0 aromatic carbocycles. The molecule has 1 aliphatic heterocycles. The van der Waals surface area contributed by atoms with Crippen molar-refractivity contribution in [1.82, 2.24) is 0 Å². The van der Waals surface area contributed by atoms with Crippen molar-refractivity contribution in [3.8, 4) is 0 Å². The van der Waals surface area contributed by atoms with Crippen LogP contribution in [0.5, 0.6) is 0 Å². The van der Waals surface area contributed by atoms with E-state index in [0.29, 0.717) is 19.9 Å². The van der Waals surface area contributed by atoms with E-state index in [2.05, 4.69) is 13.8 Å². The van der Waals surface area contributed by atoms with Crippen LogP contribution in [0.4, 0.5) is 0 Å². The Balaban J connectivity index is 2.45. The lowest BCUT2D eigenvalue weighted by Gasteiger charge is -2.27. The highest BCUT2D eigenvalue weighted by atomic mass is 16.7. The summed E-state index contributed by atoms with van der Waals surface area (Å²) in [6.07, 6.45) is 0.178. The molecule has 1 heterocycles. The summed E-state index contributed by atoms with van der Waals surface area (Å²) in [5, 5.41) is 0. The van der Waals surface area contributed by atoms with Gasteiger partial charge >= 0.3 is 0 Å². The summed E-state index contributed by atoms with van der Waals surface area (Å²) >= 11 is 0. The van der Waals surface area contributed by atoms with Gasteiger partial charge in [0.1, 0.15) is 6.79 Å². The Morgan fingerprint density at radius 3 is 2.70 bits per heavy atom. The minimum atomic E-state index is 0.0521. The van der Waals surface area contributed by atoms with E-state index in [-0.39, 0.29) is 11.5 Å². The minimum absolute atomic E-state index is 0.0521. The Morgan fingerprint density at radius 2 is 2.30 bits per heavy atom. The minimum Gasteiger partial charge on any atom is -0.353 e. The lowest BCUT2D eigenvalue weighted by atomic mass is 9.87. The smallest absolute Gasteiger partial charge is 0.147 e. The van der Waals surface area contributed by atoms with Gasteiger partial charge in [-0.3, -0.25) is 0 Å². The number of rotatable bonds is 2. The molecule has 1 atom stereocenters. The Bertz CT molecular complexity index is 108. The maximum atomic E-state index is 5.55. The molecule has 1 unspecified atom stereocenters. The molecule has 1 fully saturated rings. The van der Waals surface area contributed by atoms with Crippen LogP contribution in [0.15, 0.2) is 0 Å². The topological polar surface area (TPSA) is 44.5 Å². The highest BCUT2D eigenvalue weighted by Gasteiger charge is 2.32. The van der Waals surface area contributed by atoms with Crippen molar-refractivity contribution in [3.63, 3.8) is 0 Å². The quantitative estimate of drug-likeness (QED) is 0.609. The van der Waals surface area contributed by atoms with Crippen LogP contribution in [-0.2, 0) is 9.47 Å². The second-order valence-corrected chi connectivity index (χ2v) is 3.34. The molecule has 3 heteroatoms. The van der Waals surface area contributed by atoms with Crippen LogP contribution < -0.4 is 5.73 Å². The molecular formula is C7H15NO2. The molecule has 0 aromatic rings. The highest BCUT2D eigenvalue weighted by Crippen LogP contribution is 2.24. The predicted octanol–water partition coefficient (Wildman–Crippen LogP) is 0.344. The Morgan fingerprint density at radius 1 is 1.60 bits per heavy atom.